The fourth-order valence-electron chi connectivity index (χ4n) is 1.55. The SMILES string of the molecule is CC(=O)Nc1ccc(Oc2c(Cl)cc(Br)cc2Cl)cc1. The van der Waals surface area contributed by atoms with E-state index in [1.807, 2.05) is 0 Å². The minimum absolute atomic E-state index is 0.127. The molecular weight excluding hydrogens is 365 g/mol. The second kappa shape index (κ2) is 6.48. The van der Waals surface area contributed by atoms with E-state index in [1.54, 1.807) is 36.4 Å². The van der Waals surface area contributed by atoms with E-state index < -0.39 is 0 Å². The summed E-state index contributed by atoms with van der Waals surface area (Å²) in [5, 5.41) is 3.50. The lowest BCUT2D eigenvalue weighted by Gasteiger charge is -2.10. The molecule has 1 amide bonds. The van der Waals surface area contributed by atoms with E-state index >= 15 is 0 Å². The summed E-state index contributed by atoms with van der Waals surface area (Å²) in [5.74, 6) is 0.840. The molecule has 0 heterocycles. The third kappa shape index (κ3) is 3.88. The van der Waals surface area contributed by atoms with Crippen LogP contribution < -0.4 is 10.1 Å². The lowest BCUT2D eigenvalue weighted by Crippen LogP contribution is -2.05. The van der Waals surface area contributed by atoms with Gasteiger partial charge in [-0.15, -0.1) is 0 Å². The Morgan fingerprint density at radius 3 is 2.20 bits per heavy atom. The number of amides is 1. The van der Waals surface area contributed by atoms with Crippen LogP contribution in [0.25, 0.3) is 0 Å². The number of halogens is 3. The molecule has 0 radical (unpaired) electrons. The fraction of sp³-hybridized carbons (Fsp3) is 0.0714. The number of benzene rings is 2. The Labute approximate surface area is 135 Å². The number of nitrogens with one attached hydrogen (secondary N) is 1. The van der Waals surface area contributed by atoms with Crippen molar-refractivity contribution < 1.29 is 9.53 Å². The summed E-state index contributed by atoms with van der Waals surface area (Å²) in [6, 6.07) is 10.3. The zero-order valence-electron chi connectivity index (χ0n) is 10.4. The molecule has 0 aromatic heterocycles. The molecular formula is C14H10BrCl2NO2. The molecule has 0 spiro atoms. The first-order chi connectivity index (χ1) is 9.45. The van der Waals surface area contributed by atoms with Gasteiger partial charge in [0, 0.05) is 17.1 Å². The Morgan fingerprint density at radius 2 is 1.70 bits per heavy atom. The second-order valence-electron chi connectivity index (χ2n) is 4.01. The van der Waals surface area contributed by atoms with Crippen molar-refractivity contribution in [2.24, 2.45) is 0 Å². The summed E-state index contributed by atoms with van der Waals surface area (Å²) < 4.78 is 6.44. The predicted octanol–water partition coefficient (Wildman–Crippen LogP) is 5.51. The number of ether oxygens (including phenoxy) is 1. The summed E-state index contributed by atoms with van der Waals surface area (Å²) in [4.78, 5) is 10.9. The van der Waals surface area contributed by atoms with Crippen LogP contribution >= 0.6 is 39.1 Å². The van der Waals surface area contributed by atoms with Crippen LogP contribution in [0, 0.1) is 0 Å². The highest BCUT2D eigenvalue weighted by Gasteiger charge is 2.10. The minimum atomic E-state index is -0.127. The molecule has 104 valence electrons. The quantitative estimate of drug-likeness (QED) is 0.769. The Hall–Kier alpha value is -1.23. The van der Waals surface area contributed by atoms with Gasteiger partial charge < -0.3 is 10.1 Å². The van der Waals surface area contributed by atoms with Crippen molar-refractivity contribution in [3.63, 3.8) is 0 Å². The smallest absolute Gasteiger partial charge is 0.221 e. The van der Waals surface area contributed by atoms with E-state index in [-0.39, 0.29) is 5.91 Å². The topological polar surface area (TPSA) is 38.3 Å². The highest BCUT2D eigenvalue weighted by Crippen LogP contribution is 2.38. The molecule has 0 saturated heterocycles. The Kier molecular flexibility index (Phi) is 4.91. The van der Waals surface area contributed by atoms with Crippen LogP contribution in [0.1, 0.15) is 6.92 Å². The van der Waals surface area contributed by atoms with Gasteiger partial charge in [0.25, 0.3) is 0 Å². The largest absolute Gasteiger partial charge is 0.454 e. The molecule has 2 rings (SSSR count). The van der Waals surface area contributed by atoms with Gasteiger partial charge >= 0.3 is 0 Å². The van der Waals surface area contributed by atoms with E-state index in [0.717, 1.165) is 4.47 Å². The van der Waals surface area contributed by atoms with Crippen molar-refractivity contribution in [3.8, 4) is 11.5 Å². The van der Waals surface area contributed by atoms with Crippen molar-refractivity contribution in [2.75, 3.05) is 5.32 Å². The first-order valence-corrected chi connectivity index (χ1v) is 7.20. The van der Waals surface area contributed by atoms with Crippen LogP contribution in [0.2, 0.25) is 10.0 Å². The summed E-state index contributed by atoms with van der Waals surface area (Å²) in [6.45, 7) is 1.45. The van der Waals surface area contributed by atoms with Gasteiger partial charge in [0.2, 0.25) is 5.91 Å². The first-order valence-electron chi connectivity index (χ1n) is 5.66. The number of rotatable bonds is 3. The lowest BCUT2D eigenvalue weighted by molar-refractivity contribution is -0.114. The van der Waals surface area contributed by atoms with E-state index in [2.05, 4.69) is 21.2 Å². The molecule has 2 aromatic rings. The van der Waals surface area contributed by atoms with Gasteiger partial charge in [-0.2, -0.15) is 0 Å². The number of carbonyl (C=O) groups is 1. The van der Waals surface area contributed by atoms with Crippen LogP contribution in [0.4, 0.5) is 5.69 Å². The summed E-state index contributed by atoms with van der Waals surface area (Å²) >= 11 is 15.5. The van der Waals surface area contributed by atoms with Gasteiger partial charge in [-0.05, 0) is 36.4 Å². The maximum atomic E-state index is 10.9. The van der Waals surface area contributed by atoms with Crippen molar-refractivity contribution >= 4 is 50.7 Å². The van der Waals surface area contributed by atoms with Gasteiger partial charge in [0.05, 0.1) is 10.0 Å². The van der Waals surface area contributed by atoms with Gasteiger partial charge in [-0.25, -0.2) is 0 Å². The monoisotopic (exact) mass is 373 g/mol. The van der Waals surface area contributed by atoms with Gasteiger partial charge in [-0.1, -0.05) is 39.1 Å². The van der Waals surface area contributed by atoms with Crippen LogP contribution in [0.15, 0.2) is 40.9 Å². The molecule has 0 aliphatic rings. The van der Waals surface area contributed by atoms with E-state index in [4.69, 9.17) is 27.9 Å². The number of hydrogen-bond donors (Lipinski definition) is 1. The van der Waals surface area contributed by atoms with Crippen LogP contribution in [0.3, 0.4) is 0 Å². The van der Waals surface area contributed by atoms with Crippen molar-refractivity contribution in [1.82, 2.24) is 0 Å². The number of hydrogen-bond acceptors (Lipinski definition) is 2. The molecule has 0 aliphatic heterocycles. The third-order valence-corrected chi connectivity index (χ3v) is 3.38. The van der Waals surface area contributed by atoms with Crippen molar-refractivity contribution in [2.45, 2.75) is 6.92 Å². The van der Waals surface area contributed by atoms with E-state index in [0.29, 0.717) is 27.2 Å². The maximum Gasteiger partial charge on any atom is 0.221 e. The molecule has 0 saturated carbocycles. The van der Waals surface area contributed by atoms with Gasteiger partial charge in [0.1, 0.15) is 5.75 Å². The summed E-state index contributed by atoms with van der Waals surface area (Å²) in [5.41, 5.74) is 0.692. The molecule has 3 nitrogen and oxygen atoms in total. The summed E-state index contributed by atoms with van der Waals surface area (Å²) in [6.07, 6.45) is 0. The zero-order chi connectivity index (χ0) is 14.7. The number of anilines is 1. The molecule has 0 unspecified atom stereocenters. The van der Waals surface area contributed by atoms with E-state index in [9.17, 15) is 4.79 Å². The maximum absolute atomic E-state index is 10.9. The van der Waals surface area contributed by atoms with Crippen molar-refractivity contribution in [1.29, 1.82) is 0 Å². The van der Waals surface area contributed by atoms with Crippen LogP contribution in [0.5, 0.6) is 11.5 Å². The fourth-order valence-corrected chi connectivity index (χ4v) is 2.84. The normalized spacial score (nSPS) is 10.2. The number of carbonyl (C=O) groups excluding carboxylic acids is 1. The standard InChI is InChI=1S/C14H10BrCl2NO2/c1-8(19)18-10-2-4-11(5-3-10)20-14-12(16)6-9(15)7-13(14)17/h2-7H,1H3,(H,18,19). The zero-order valence-corrected chi connectivity index (χ0v) is 13.5. The molecule has 0 atom stereocenters. The second-order valence-corrected chi connectivity index (χ2v) is 5.74. The molecule has 0 aliphatic carbocycles. The molecule has 0 bridgehead atoms. The average molecular weight is 375 g/mol. The molecule has 6 heteroatoms. The predicted molar refractivity (Wildman–Crippen MR) is 85.0 cm³/mol. The molecule has 1 N–H and O–H groups in total. The van der Waals surface area contributed by atoms with Gasteiger partial charge in [0.15, 0.2) is 5.75 Å². The minimum Gasteiger partial charge on any atom is -0.454 e. The Bertz CT molecular complexity index is 621. The van der Waals surface area contributed by atoms with Crippen LogP contribution in [-0.2, 0) is 4.79 Å². The van der Waals surface area contributed by atoms with E-state index in [1.165, 1.54) is 6.92 Å². The summed E-state index contributed by atoms with van der Waals surface area (Å²) in [7, 11) is 0. The highest BCUT2D eigenvalue weighted by molar-refractivity contribution is 9.10. The molecule has 0 fully saturated rings. The Balaban J connectivity index is 2.20. The Morgan fingerprint density at radius 1 is 1.15 bits per heavy atom. The van der Waals surface area contributed by atoms with Crippen molar-refractivity contribution in [3.05, 3.63) is 50.9 Å². The van der Waals surface area contributed by atoms with Crippen LogP contribution in [-0.4, -0.2) is 5.91 Å². The molecule has 20 heavy (non-hydrogen) atoms. The highest BCUT2D eigenvalue weighted by atomic mass is 79.9. The lowest BCUT2D eigenvalue weighted by atomic mass is 10.3. The first kappa shape index (κ1) is 15.2. The van der Waals surface area contributed by atoms with Gasteiger partial charge in [-0.3, -0.25) is 4.79 Å². The molecule has 2 aromatic carbocycles. The average Bonchev–Trinajstić information content (AvgIpc) is 2.35. The third-order valence-electron chi connectivity index (χ3n) is 2.36.